The number of hydrogen-bond acceptors (Lipinski definition) is 4. The van der Waals surface area contributed by atoms with E-state index >= 15 is 0 Å². The fraction of sp³-hybridized carbons (Fsp3) is 0.300. The Morgan fingerprint density at radius 2 is 1.73 bits per heavy atom. The van der Waals surface area contributed by atoms with Crippen LogP contribution < -0.4 is 20.1 Å². The van der Waals surface area contributed by atoms with Gasteiger partial charge in [-0.2, -0.15) is 0 Å². The highest BCUT2D eigenvalue weighted by Crippen LogP contribution is 2.29. The van der Waals surface area contributed by atoms with Crippen molar-refractivity contribution in [3.05, 3.63) is 59.7 Å². The number of amides is 2. The van der Waals surface area contributed by atoms with E-state index in [2.05, 4.69) is 10.6 Å². The van der Waals surface area contributed by atoms with Gasteiger partial charge in [0, 0.05) is 5.56 Å². The fourth-order valence-corrected chi connectivity index (χ4v) is 2.57. The lowest BCUT2D eigenvalue weighted by Crippen LogP contribution is -2.38. The first-order chi connectivity index (χ1) is 12.5. The van der Waals surface area contributed by atoms with Gasteiger partial charge in [0.25, 0.3) is 0 Å². The Hall–Kier alpha value is -3.02. The molecule has 0 fully saturated rings. The first-order valence-electron chi connectivity index (χ1n) is 8.35. The molecule has 0 saturated heterocycles. The number of carbonyl (C=O) groups is 2. The predicted octanol–water partition coefficient (Wildman–Crippen LogP) is 2.24. The maximum absolute atomic E-state index is 12.1. The highest BCUT2D eigenvalue weighted by atomic mass is 16.5. The molecule has 0 heterocycles. The molecule has 26 heavy (non-hydrogen) atoms. The molecule has 2 aromatic rings. The van der Waals surface area contributed by atoms with Gasteiger partial charge < -0.3 is 20.1 Å². The van der Waals surface area contributed by atoms with Gasteiger partial charge in [0.05, 0.1) is 33.2 Å². The third kappa shape index (κ3) is 5.51. The van der Waals surface area contributed by atoms with Gasteiger partial charge >= 0.3 is 0 Å². The van der Waals surface area contributed by atoms with Gasteiger partial charge in [0.2, 0.25) is 11.8 Å². The van der Waals surface area contributed by atoms with Crippen LogP contribution in [0.25, 0.3) is 0 Å². The van der Waals surface area contributed by atoms with Crippen molar-refractivity contribution in [1.82, 2.24) is 10.6 Å². The van der Waals surface area contributed by atoms with E-state index in [4.69, 9.17) is 9.47 Å². The van der Waals surface area contributed by atoms with Crippen molar-refractivity contribution in [2.45, 2.75) is 19.4 Å². The maximum Gasteiger partial charge on any atom is 0.239 e. The summed E-state index contributed by atoms with van der Waals surface area (Å²) >= 11 is 0. The second-order valence-corrected chi connectivity index (χ2v) is 5.84. The van der Waals surface area contributed by atoms with E-state index in [1.54, 1.807) is 26.4 Å². The van der Waals surface area contributed by atoms with Crippen LogP contribution in [0.3, 0.4) is 0 Å². The van der Waals surface area contributed by atoms with Crippen LogP contribution in [0, 0.1) is 0 Å². The molecule has 0 saturated carbocycles. The molecular weight excluding hydrogens is 332 g/mol. The zero-order valence-electron chi connectivity index (χ0n) is 15.2. The molecule has 0 spiro atoms. The Morgan fingerprint density at radius 1 is 1.00 bits per heavy atom. The minimum absolute atomic E-state index is 0.0811. The Balaban J connectivity index is 1.88. The lowest BCUT2D eigenvalue weighted by Gasteiger charge is -2.18. The number of ether oxygens (including phenoxy) is 2. The van der Waals surface area contributed by atoms with Crippen molar-refractivity contribution in [2.24, 2.45) is 0 Å². The minimum atomic E-state index is -0.293. The van der Waals surface area contributed by atoms with Crippen LogP contribution in [0.4, 0.5) is 0 Å². The Bertz CT molecular complexity index is 747. The van der Waals surface area contributed by atoms with E-state index in [-0.39, 0.29) is 30.8 Å². The topological polar surface area (TPSA) is 76.7 Å². The van der Waals surface area contributed by atoms with Gasteiger partial charge in [-0.3, -0.25) is 9.59 Å². The second-order valence-electron chi connectivity index (χ2n) is 5.84. The normalized spacial score (nSPS) is 11.3. The molecule has 1 unspecified atom stereocenters. The lowest BCUT2D eigenvalue weighted by atomic mass is 10.1. The molecule has 6 heteroatoms. The van der Waals surface area contributed by atoms with E-state index in [9.17, 15) is 9.59 Å². The van der Waals surface area contributed by atoms with Crippen molar-refractivity contribution in [2.75, 3.05) is 20.8 Å². The molecule has 1 atom stereocenters. The number of methoxy groups -OCH3 is 2. The van der Waals surface area contributed by atoms with Crippen molar-refractivity contribution in [3.8, 4) is 11.5 Å². The number of rotatable bonds is 8. The molecule has 2 aromatic carbocycles. The summed E-state index contributed by atoms with van der Waals surface area (Å²) in [6, 6.07) is 14.5. The molecule has 2 rings (SSSR count). The Kier molecular flexibility index (Phi) is 7.02. The monoisotopic (exact) mass is 356 g/mol. The average Bonchev–Trinajstić information content (AvgIpc) is 2.66. The van der Waals surface area contributed by atoms with E-state index in [0.29, 0.717) is 11.5 Å². The van der Waals surface area contributed by atoms with Crippen LogP contribution >= 0.6 is 0 Å². The molecule has 0 bridgehead atoms. The largest absolute Gasteiger partial charge is 0.497 e. The zero-order valence-corrected chi connectivity index (χ0v) is 15.2. The molecule has 2 amide bonds. The summed E-state index contributed by atoms with van der Waals surface area (Å²) in [5.74, 6) is 0.867. The third-order valence-electron chi connectivity index (χ3n) is 3.93. The standard InChI is InChI=1S/C20H24N2O4/c1-14(17-12-16(25-2)9-10-18(17)26-3)22-20(24)13-21-19(23)11-15-7-5-4-6-8-15/h4-10,12,14H,11,13H2,1-3H3,(H,21,23)(H,22,24). The summed E-state index contributed by atoms with van der Waals surface area (Å²) in [4.78, 5) is 24.1. The summed E-state index contributed by atoms with van der Waals surface area (Å²) < 4.78 is 10.6. The van der Waals surface area contributed by atoms with Crippen LogP contribution in [-0.2, 0) is 16.0 Å². The van der Waals surface area contributed by atoms with Crippen molar-refractivity contribution in [1.29, 1.82) is 0 Å². The second kappa shape index (κ2) is 9.46. The van der Waals surface area contributed by atoms with E-state index < -0.39 is 0 Å². The van der Waals surface area contributed by atoms with Gasteiger partial charge in [-0.1, -0.05) is 30.3 Å². The van der Waals surface area contributed by atoms with Crippen LogP contribution in [-0.4, -0.2) is 32.6 Å². The Labute approximate surface area is 153 Å². The first kappa shape index (κ1) is 19.3. The highest BCUT2D eigenvalue weighted by molar-refractivity contribution is 5.85. The minimum Gasteiger partial charge on any atom is -0.497 e. The van der Waals surface area contributed by atoms with Crippen LogP contribution in [0.5, 0.6) is 11.5 Å². The number of nitrogens with one attached hydrogen (secondary N) is 2. The van der Waals surface area contributed by atoms with Crippen molar-refractivity contribution in [3.63, 3.8) is 0 Å². The SMILES string of the molecule is COc1ccc(OC)c(C(C)NC(=O)CNC(=O)Cc2ccccc2)c1. The van der Waals surface area contributed by atoms with Gasteiger partial charge in [-0.05, 0) is 30.7 Å². The van der Waals surface area contributed by atoms with Crippen LogP contribution in [0.1, 0.15) is 24.1 Å². The van der Waals surface area contributed by atoms with E-state index in [0.717, 1.165) is 11.1 Å². The number of benzene rings is 2. The molecule has 0 aliphatic carbocycles. The van der Waals surface area contributed by atoms with Crippen molar-refractivity contribution < 1.29 is 19.1 Å². The van der Waals surface area contributed by atoms with Crippen LogP contribution in [0.2, 0.25) is 0 Å². The smallest absolute Gasteiger partial charge is 0.239 e. The van der Waals surface area contributed by atoms with Crippen molar-refractivity contribution >= 4 is 11.8 Å². The molecule has 0 aliphatic rings. The fourth-order valence-electron chi connectivity index (χ4n) is 2.57. The van der Waals surface area contributed by atoms with E-state index in [1.807, 2.05) is 43.3 Å². The quantitative estimate of drug-likeness (QED) is 0.761. The van der Waals surface area contributed by atoms with Gasteiger partial charge in [0.15, 0.2) is 0 Å². The van der Waals surface area contributed by atoms with Gasteiger partial charge in [0.1, 0.15) is 11.5 Å². The van der Waals surface area contributed by atoms with Crippen LogP contribution in [0.15, 0.2) is 48.5 Å². The molecular formula is C20H24N2O4. The summed E-state index contributed by atoms with van der Waals surface area (Å²) in [6.07, 6.45) is 0.243. The van der Waals surface area contributed by atoms with Gasteiger partial charge in [-0.25, -0.2) is 0 Å². The molecule has 0 aromatic heterocycles. The average molecular weight is 356 g/mol. The first-order valence-corrected chi connectivity index (χ1v) is 8.35. The Morgan fingerprint density at radius 3 is 2.38 bits per heavy atom. The number of carbonyl (C=O) groups excluding carboxylic acids is 2. The van der Waals surface area contributed by atoms with Gasteiger partial charge in [-0.15, -0.1) is 0 Å². The zero-order chi connectivity index (χ0) is 18.9. The number of hydrogen-bond donors (Lipinski definition) is 2. The van der Waals surface area contributed by atoms with E-state index in [1.165, 1.54) is 0 Å². The molecule has 138 valence electrons. The maximum atomic E-state index is 12.1. The summed E-state index contributed by atoms with van der Waals surface area (Å²) in [5, 5.41) is 5.48. The molecule has 0 radical (unpaired) electrons. The summed E-state index contributed by atoms with van der Waals surface area (Å²) in [5.41, 5.74) is 1.70. The predicted molar refractivity (Wildman–Crippen MR) is 99.3 cm³/mol. The summed E-state index contributed by atoms with van der Waals surface area (Å²) in [6.45, 7) is 1.77. The molecule has 2 N–H and O–H groups in total. The highest BCUT2D eigenvalue weighted by Gasteiger charge is 2.15. The lowest BCUT2D eigenvalue weighted by molar-refractivity contribution is -0.126. The third-order valence-corrected chi connectivity index (χ3v) is 3.93. The molecule has 0 aliphatic heterocycles. The summed E-state index contributed by atoms with van der Waals surface area (Å²) in [7, 11) is 3.15. The molecule has 6 nitrogen and oxygen atoms in total.